The molecule has 0 aliphatic rings. The Balaban J connectivity index is 1.98. The number of rotatable bonds is 5. The van der Waals surface area contributed by atoms with Crippen LogP contribution in [0.15, 0.2) is 53.4 Å². The summed E-state index contributed by atoms with van der Waals surface area (Å²) in [4.78, 5) is 24.3. The highest BCUT2D eigenvalue weighted by Gasteiger charge is 2.23. The van der Waals surface area contributed by atoms with Gasteiger partial charge in [-0.15, -0.1) is 11.8 Å². The number of nitro groups is 1. The molecule has 0 saturated heterocycles. The lowest BCUT2D eigenvalue weighted by molar-refractivity contribution is -0.385. The first-order chi connectivity index (χ1) is 12.9. The van der Waals surface area contributed by atoms with Gasteiger partial charge in [-0.05, 0) is 44.4 Å². The Morgan fingerprint density at radius 1 is 1.19 bits per heavy atom. The summed E-state index contributed by atoms with van der Waals surface area (Å²) in [6.45, 7) is 3.63. The van der Waals surface area contributed by atoms with Crippen LogP contribution >= 0.6 is 11.8 Å². The molecular formula is C19H18N4O3S. The highest BCUT2D eigenvalue weighted by molar-refractivity contribution is 7.98. The average Bonchev–Trinajstić information content (AvgIpc) is 2.96. The normalized spacial score (nSPS) is 10.6. The molecule has 3 aromatic rings. The number of aryl methyl sites for hydroxylation is 1. The molecule has 8 heteroatoms. The summed E-state index contributed by atoms with van der Waals surface area (Å²) >= 11 is 1.42. The van der Waals surface area contributed by atoms with Crippen molar-refractivity contribution in [3.63, 3.8) is 0 Å². The Morgan fingerprint density at radius 2 is 1.89 bits per heavy atom. The molecule has 1 aromatic heterocycles. The number of para-hydroxylation sites is 1. The fraction of sp³-hybridized carbons (Fsp3) is 0.158. The van der Waals surface area contributed by atoms with Gasteiger partial charge < -0.3 is 5.32 Å². The number of benzene rings is 2. The van der Waals surface area contributed by atoms with Crippen molar-refractivity contribution in [1.82, 2.24) is 9.78 Å². The molecule has 1 heterocycles. The zero-order chi connectivity index (χ0) is 19.6. The quantitative estimate of drug-likeness (QED) is 0.402. The lowest BCUT2D eigenvalue weighted by Crippen LogP contribution is -2.15. The molecule has 0 bridgehead atoms. The van der Waals surface area contributed by atoms with Gasteiger partial charge in [-0.1, -0.05) is 18.2 Å². The minimum atomic E-state index is -0.549. The van der Waals surface area contributed by atoms with Gasteiger partial charge >= 0.3 is 0 Å². The van der Waals surface area contributed by atoms with Crippen LogP contribution in [0.5, 0.6) is 0 Å². The lowest BCUT2D eigenvalue weighted by Gasteiger charge is -2.08. The Labute approximate surface area is 160 Å². The second kappa shape index (κ2) is 7.63. The van der Waals surface area contributed by atoms with E-state index >= 15 is 0 Å². The van der Waals surface area contributed by atoms with Crippen molar-refractivity contribution >= 4 is 29.0 Å². The summed E-state index contributed by atoms with van der Waals surface area (Å²) in [7, 11) is 0. The maximum atomic E-state index is 12.8. The van der Waals surface area contributed by atoms with Crippen molar-refractivity contribution in [3.05, 3.63) is 75.6 Å². The van der Waals surface area contributed by atoms with Gasteiger partial charge in [0, 0.05) is 11.0 Å². The van der Waals surface area contributed by atoms with Crippen LogP contribution < -0.4 is 5.32 Å². The molecule has 138 valence electrons. The zero-order valence-electron chi connectivity index (χ0n) is 15.1. The molecule has 0 saturated carbocycles. The van der Waals surface area contributed by atoms with Crippen molar-refractivity contribution < 1.29 is 9.72 Å². The van der Waals surface area contributed by atoms with E-state index in [1.165, 1.54) is 23.9 Å². The molecule has 0 atom stereocenters. The molecule has 0 fully saturated rings. The largest absolute Gasteiger partial charge is 0.319 e. The average molecular weight is 382 g/mol. The second-order valence-corrected chi connectivity index (χ2v) is 6.77. The predicted molar refractivity (Wildman–Crippen MR) is 106 cm³/mol. The maximum absolute atomic E-state index is 12.8. The first-order valence-corrected chi connectivity index (χ1v) is 9.40. The van der Waals surface area contributed by atoms with Gasteiger partial charge in [0.15, 0.2) is 0 Å². The van der Waals surface area contributed by atoms with E-state index in [0.29, 0.717) is 11.4 Å². The summed E-state index contributed by atoms with van der Waals surface area (Å²) < 4.78 is 1.73. The number of amides is 1. The van der Waals surface area contributed by atoms with E-state index in [1.807, 2.05) is 43.5 Å². The summed E-state index contributed by atoms with van der Waals surface area (Å²) in [6, 6.07) is 14.1. The second-order valence-electron chi connectivity index (χ2n) is 5.89. The smallest absolute Gasteiger partial charge is 0.282 e. The molecule has 3 rings (SSSR count). The Kier molecular flexibility index (Phi) is 5.27. The van der Waals surface area contributed by atoms with Crippen LogP contribution in [0.2, 0.25) is 0 Å². The monoisotopic (exact) mass is 382 g/mol. The molecule has 7 nitrogen and oxygen atoms in total. The predicted octanol–water partition coefficient (Wildman–Crippen LogP) is 4.37. The molecule has 0 spiro atoms. The third kappa shape index (κ3) is 3.70. The number of nitrogens with zero attached hydrogens (tertiary/aromatic N) is 3. The summed E-state index contributed by atoms with van der Waals surface area (Å²) in [5.74, 6) is -0.531. The van der Waals surface area contributed by atoms with E-state index in [4.69, 9.17) is 0 Å². The number of thioether (sulfide) groups is 1. The number of carbonyl (C=O) groups is 1. The van der Waals surface area contributed by atoms with Crippen LogP contribution in [0.1, 0.15) is 21.7 Å². The van der Waals surface area contributed by atoms with Crippen LogP contribution in [-0.2, 0) is 0 Å². The van der Waals surface area contributed by atoms with Crippen molar-refractivity contribution in [1.29, 1.82) is 0 Å². The van der Waals surface area contributed by atoms with E-state index in [-0.39, 0.29) is 11.3 Å². The van der Waals surface area contributed by atoms with Crippen molar-refractivity contribution in [3.8, 4) is 5.69 Å². The van der Waals surface area contributed by atoms with Crippen molar-refractivity contribution in [2.75, 3.05) is 11.6 Å². The minimum Gasteiger partial charge on any atom is -0.319 e. The fourth-order valence-electron chi connectivity index (χ4n) is 2.81. The van der Waals surface area contributed by atoms with Gasteiger partial charge in [0.25, 0.3) is 11.6 Å². The summed E-state index contributed by atoms with van der Waals surface area (Å²) in [5, 5.41) is 18.6. The van der Waals surface area contributed by atoms with Crippen LogP contribution in [-0.4, -0.2) is 26.9 Å². The number of anilines is 1. The number of aromatic nitrogens is 2. The molecule has 0 unspecified atom stereocenters. The standard InChI is InChI=1S/C19H18N4O3S/c1-12-18(13(2)22(21-12)14-7-5-4-6-8-14)20-19(24)16-11-15(27-3)9-10-17(16)23(25)26/h4-11H,1-3H3,(H,20,24). The van der Waals surface area contributed by atoms with Crippen LogP contribution in [0, 0.1) is 24.0 Å². The molecule has 0 aliphatic heterocycles. The number of nitrogens with one attached hydrogen (secondary N) is 1. The molecule has 0 radical (unpaired) electrons. The van der Waals surface area contributed by atoms with Gasteiger partial charge in [0.2, 0.25) is 0 Å². The highest BCUT2D eigenvalue weighted by atomic mass is 32.2. The fourth-order valence-corrected chi connectivity index (χ4v) is 3.25. The number of carbonyl (C=O) groups excluding carboxylic acids is 1. The first-order valence-electron chi connectivity index (χ1n) is 8.17. The summed E-state index contributed by atoms with van der Waals surface area (Å²) in [6.07, 6.45) is 1.85. The van der Waals surface area contributed by atoms with Crippen LogP contribution in [0.4, 0.5) is 11.4 Å². The maximum Gasteiger partial charge on any atom is 0.282 e. The Morgan fingerprint density at radius 3 is 2.52 bits per heavy atom. The van der Waals surface area contributed by atoms with E-state index in [1.54, 1.807) is 17.7 Å². The van der Waals surface area contributed by atoms with Gasteiger partial charge in [0.05, 0.1) is 27.7 Å². The molecule has 2 aromatic carbocycles. The Hall–Kier alpha value is -3.13. The van der Waals surface area contributed by atoms with Crippen LogP contribution in [0.3, 0.4) is 0 Å². The molecule has 27 heavy (non-hydrogen) atoms. The molecule has 1 N–H and O–H groups in total. The third-order valence-electron chi connectivity index (χ3n) is 4.18. The number of hydrogen-bond acceptors (Lipinski definition) is 5. The SMILES string of the molecule is CSc1ccc([N+](=O)[O-])c(C(=O)Nc2c(C)nn(-c3ccccc3)c2C)c1. The topological polar surface area (TPSA) is 90.1 Å². The van der Waals surface area contributed by atoms with Gasteiger partial charge in [-0.25, -0.2) is 4.68 Å². The highest BCUT2D eigenvalue weighted by Crippen LogP contribution is 2.28. The number of nitro benzene ring substituents is 1. The first kappa shape index (κ1) is 18.7. The Bertz CT molecular complexity index is 1020. The minimum absolute atomic E-state index is 0.0260. The van der Waals surface area contributed by atoms with Gasteiger partial charge in [-0.3, -0.25) is 14.9 Å². The zero-order valence-corrected chi connectivity index (χ0v) is 15.9. The van der Waals surface area contributed by atoms with Crippen molar-refractivity contribution in [2.24, 2.45) is 0 Å². The molecule has 0 aliphatic carbocycles. The van der Waals surface area contributed by atoms with E-state index in [2.05, 4.69) is 10.4 Å². The van der Waals surface area contributed by atoms with Crippen LogP contribution in [0.25, 0.3) is 5.69 Å². The van der Waals surface area contributed by atoms with E-state index < -0.39 is 10.8 Å². The third-order valence-corrected chi connectivity index (χ3v) is 4.90. The van der Waals surface area contributed by atoms with Gasteiger partial charge in [0.1, 0.15) is 5.56 Å². The molecular weight excluding hydrogens is 364 g/mol. The molecule has 1 amide bonds. The van der Waals surface area contributed by atoms with E-state index in [0.717, 1.165) is 16.3 Å². The number of hydrogen-bond donors (Lipinski definition) is 1. The van der Waals surface area contributed by atoms with Crippen molar-refractivity contribution in [2.45, 2.75) is 18.7 Å². The lowest BCUT2D eigenvalue weighted by atomic mass is 10.1. The van der Waals surface area contributed by atoms with E-state index in [9.17, 15) is 14.9 Å². The van der Waals surface area contributed by atoms with Gasteiger partial charge in [-0.2, -0.15) is 5.10 Å². The summed E-state index contributed by atoms with van der Waals surface area (Å²) in [5.41, 5.74) is 2.60.